The van der Waals surface area contributed by atoms with Gasteiger partial charge < -0.3 is 4.74 Å². The molecule has 2 bridgehead atoms. The molecule has 1 aromatic carbocycles. The number of ether oxygens (including phenoxy) is 1. The standard InChI is InChI=1S/C18H23NO3/c1-12(20)14-10-15(18(21)22-2)17-9-8-16(14)19(17)11-13-6-4-3-5-7-13/h3-7,14-17H,8-11H2,1-2H3/t14-,15-,16+,17-/m1/s1. The highest BCUT2D eigenvalue weighted by molar-refractivity contribution is 5.81. The summed E-state index contributed by atoms with van der Waals surface area (Å²) in [5, 5.41) is 0. The highest BCUT2D eigenvalue weighted by Gasteiger charge is 2.51. The first kappa shape index (κ1) is 15.2. The van der Waals surface area contributed by atoms with Crippen LogP contribution in [-0.2, 0) is 20.9 Å². The molecule has 2 aliphatic heterocycles. The molecule has 0 aromatic heterocycles. The third-order valence-corrected chi connectivity index (χ3v) is 5.28. The summed E-state index contributed by atoms with van der Waals surface area (Å²) in [4.78, 5) is 26.6. The molecule has 118 valence electrons. The lowest BCUT2D eigenvalue weighted by atomic mass is 9.80. The fourth-order valence-corrected chi connectivity index (χ4v) is 4.24. The van der Waals surface area contributed by atoms with Crippen LogP contribution in [0.5, 0.6) is 0 Å². The summed E-state index contributed by atoms with van der Waals surface area (Å²) in [6.45, 7) is 2.45. The van der Waals surface area contributed by atoms with Gasteiger partial charge in [-0.3, -0.25) is 14.5 Å². The molecule has 2 fully saturated rings. The Bertz CT molecular complexity index is 557. The van der Waals surface area contributed by atoms with E-state index >= 15 is 0 Å². The number of methoxy groups -OCH3 is 1. The van der Waals surface area contributed by atoms with Crippen molar-refractivity contribution in [3.8, 4) is 0 Å². The molecular formula is C18H23NO3. The Labute approximate surface area is 131 Å². The van der Waals surface area contributed by atoms with Crippen LogP contribution in [-0.4, -0.2) is 35.8 Å². The Hall–Kier alpha value is -1.68. The van der Waals surface area contributed by atoms with Crippen molar-refractivity contribution in [2.24, 2.45) is 11.8 Å². The molecule has 0 N–H and O–H groups in total. The van der Waals surface area contributed by atoms with E-state index in [1.54, 1.807) is 6.92 Å². The topological polar surface area (TPSA) is 46.6 Å². The zero-order chi connectivity index (χ0) is 15.7. The van der Waals surface area contributed by atoms with Gasteiger partial charge in [0.25, 0.3) is 0 Å². The molecule has 0 saturated carbocycles. The van der Waals surface area contributed by atoms with Crippen LogP contribution in [0.2, 0.25) is 0 Å². The van der Waals surface area contributed by atoms with Crippen LogP contribution in [0.4, 0.5) is 0 Å². The summed E-state index contributed by atoms with van der Waals surface area (Å²) < 4.78 is 4.99. The van der Waals surface area contributed by atoms with Gasteiger partial charge in [-0.05, 0) is 31.7 Å². The number of piperidine rings is 1. The highest BCUT2D eigenvalue weighted by atomic mass is 16.5. The predicted molar refractivity (Wildman–Crippen MR) is 83.1 cm³/mol. The molecule has 4 nitrogen and oxygen atoms in total. The minimum atomic E-state index is -0.179. The van der Waals surface area contributed by atoms with E-state index in [4.69, 9.17) is 4.74 Å². The van der Waals surface area contributed by atoms with Gasteiger partial charge in [0.15, 0.2) is 0 Å². The number of hydrogen-bond donors (Lipinski definition) is 0. The van der Waals surface area contributed by atoms with Crippen molar-refractivity contribution in [2.45, 2.75) is 44.8 Å². The quantitative estimate of drug-likeness (QED) is 0.801. The molecule has 2 aliphatic rings. The summed E-state index contributed by atoms with van der Waals surface area (Å²) >= 11 is 0. The van der Waals surface area contributed by atoms with E-state index in [1.807, 2.05) is 18.2 Å². The maximum Gasteiger partial charge on any atom is 0.310 e. The van der Waals surface area contributed by atoms with E-state index in [0.717, 1.165) is 19.4 Å². The molecule has 22 heavy (non-hydrogen) atoms. The van der Waals surface area contributed by atoms with Crippen molar-refractivity contribution in [3.63, 3.8) is 0 Å². The number of nitrogens with zero attached hydrogens (tertiary/aromatic N) is 1. The number of benzene rings is 1. The monoisotopic (exact) mass is 301 g/mol. The fourth-order valence-electron chi connectivity index (χ4n) is 4.24. The molecule has 4 heteroatoms. The number of carbonyl (C=O) groups excluding carboxylic acids is 2. The zero-order valence-electron chi connectivity index (χ0n) is 13.2. The minimum absolute atomic E-state index is 0.0495. The molecule has 0 unspecified atom stereocenters. The van der Waals surface area contributed by atoms with E-state index in [-0.39, 0.29) is 35.7 Å². The third kappa shape index (κ3) is 2.68. The van der Waals surface area contributed by atoms with Crippen LogP contribution >= 0.6 is 0 Å². The van der Waals surface area contributed by atoms with E-state index in [0.29, 0.717) is 6.42 Å². The second kappa shape index (κ2) is 6.21. The molecule has 1 aromatic rings. The van der Waals surface area contributed by atoms with Gasteiger partial charge in [0, 0.05) is 24.5 Å². The van der Waals surface area contributed by atoms with Crippen LogP contribution in [0.25, 0.3) is 0 Å². The smallest absolute Gasteiger partial charge is 0.310 e. The Kier molecular flexibility index (Phi) is 4.30. The first-order valence-corrected chi connectivity index (χ1v) is 7.99. The number of ketones is 1. The maximum atomic E-state index is 12.2. The van der Waals surface area contributed by atoms with Crippen LogP contribution < -0.4 is 0 Å². The van der Waals surface area contributed by atoms with Crippen LogP contribution in [0.1, 0.15) is 31.7 Å². The van der Waals surface area contributed by atoms with Gasteiger partial charge in [0.2, 0.25) is 0 Å². The summed E-state index contributed by atoms with van der Waals surface area (Å²) in [7, 11) is 1.44. The molecule has 3 rings (SSSR count). The van der Waals surface area contributed by atoms with Crippen molar-refractivity contribution in [1.29, 1.82) is 0 Å². The van der Waals surface area contributed by atoms with Crippen molar-refractivity contribution < 1.29 is 14.3 Å². The molecule has 0 spiro atoms. The summed E-state index contributed by atoms with van der Waals surface area (Å²) in [5.74, 6) is -0.208. The number of hydrogen-bond acceptors (Lipinski definition) is 4. The third-order valence-electron chi connectivity index (χ3n) is 5.28. The number of rotatable bonds is 4. The Morgan fingerprint density at radius 3 is 2.36 bits per heavy atom. The molecule has 2 heterocycles. The Balaban J connectivity index is 1.87. The van der Waals surface area contributed by atoms with Gasteiger partial charge in [-0.2, -0.15) is 0 Å². The largest absolute Gasteiger partial charge is 0.469 e. The van der Waals surface area contributed by atoms with Crippen molar-refractivity contribution in [2.75, 3.05) is 7.11 Å². The van der Waals surface area contributed by atoms with E-state index in [9.17, 15) is 9.59 Å². The lowest BCUT2D eigenvalue weighted by Crippen LogP contribution is -2.52. The summed E-state index contributed by atoms with van der Waals surface area (Å²) in [6.07, 6.45) is 2.61. The van der Waals surface area contributed by atoms with Crippen molar-refractivity contribution >= 4 is 11.8 Å². The molecule has 0 aliphatic carbocycles. The van der Waals surface area contributed by atoms with Gasteiger partial charge in [-0.25, -0.2) is 0 Å². The molecule has 0 amide bonds. The van der Waals surface area contributed by atoms with Crippen LogP contribution in [0.15, 0.2) is 30.3 Å². The Morgan fingerprint density at radius 2 is 1.77 bits per heavy atom. The second-order valence-electron chi connectivity index (χ2n) is 6.45. The first-order valence-electron chi connectivity index (χ1n) is 7.99. The van der Waals surface area contributed by atoms with Gasteiger partial charge in [0.1, 0.15) is 5.78 Å². The van der Waals surface area contributed by atoms with Crippen molar-refractivity contribution in [1.82, 2.24) is 4.90 Å². The average Bonchev–Trinajstić information content (AvgIpc) is 2.81. The fraction of sp³-hybridized carbons (Fsp3) is 0.556. The number of carbonyl (C=O) groups is 2. The van der Waals surface area contributed by atoms with E-state index < -0.39 is 0 Å². The molecule has 0 radical (unpaired) electrons. The molecule has 2 saturated heterocycles. The second-order valence-corrected chi connectivity index (χ2v) is 6.45. The summed E-state index contributed by atoms with van der Waals surface area (Å²) in [5.41, 5.74) is 1.23. The summed E-state index contributed by atoms with van der Waals surface area (Å²) in [6, 6.07) is 10.7. The lowest BCUT2D eigenvalue weighted by Gasteiger charge is -2.42. The number of fused-ring (bicyclic) bond motifs is 2. The van der Waals surface area contributed by atoms with E-state index in [1.165, 1.54) is 12.7 Å². The Morgan fingerprint density at radius 1 is 1.14 bits per heavy atom. The predicted octanol–water partition coefficient (Wildman–Crippen LogP) is 2.42. The maximum absolute atomic E-state index is 12.2. The van der Waals surface area contributed by atoms with Gasteiger partial charge in [-0.15, -0.1) is 0 Å². The van der Waals surface area contributed by atoms with Crippen LogP contribution in [0, 0.1) is 11.8 Å². The van der Waals surface area contributed by atoms with Gasteiger partial charge in [-0.1, -0.05) is 30.3 Å². The van der Waals surface area contributed by atoms with Crippen molar-refractivity contribution in [3.05, 3.63) is 35.9 Å². The van der Waals surface area contributed by atoms with Crippen LogP contribution in [0.3, 0.4) is 0 Å². The number of esters is 1. The minimum Gasteiger partial charge on any atom is -0.469 e. The first-order chi connectivity index (χ1) is 10.6. The number of Topliss-reactive ketones (excluding diaryl/α,β-unsaturated/α-hetero) is 1. The highest BCUT2D eigenvalue weighted by Crippen LogP contribution is 2.44. The average molecular weight is 301 g/mol. The zero-order valence-corrected chi connectivity index (χ0v) is 13.2. The molecular weight excluding hydrogens is 278 g/mol. The lowest BCUT2D eigenvalue weighted by molar-refractivity contribution is -0.152. The van der Waals surface area contributed by atoms with E-state index in [2.05, 4.69) is 17.0 Å². The normalized spacial score (nSPS) is 31.0. The molecule has 4 atom stereocenters. The van der Waals surface area contributed by atoms with Gasteiger partial charge in [0.05, 0.1) is 13.0 Å². The SMILES string of the molecule is COC(=O)[C@@H]1C[C@H](C(C)=O)[C@@H]2CC[C@H]1N2Cc1ccccc1. The van der Waals surface area contributed by atoms with Gasteiger partial charge >= 0.3 is 5.97 Å².